The minimum atomic E-state index is -4.72. The Hall–Kier alpha value is -1.43. The third-order valence-electron chi connectivity index (χ3n) is 2.30. The highest BCUT2D eigenvalue weighted by Crippen LogP contribution is 2.30. The molecule has 0 saturated carbocycles. The first-order chi connectivity index (χ1) is 8.23. The van der Waals surface area contributed by atoms with Gasteiger partial charge in [-0.3, -0.25) is 0 Å². The molecular formula is C12H16F3NO2. The number of nitrogens with one attached hydrogen (secondary N) is 1. The lowest BCUT2D eigenvalue weighted by molar-refractivity contribution is -0.274. The summed E-state index contributed by atoms with van der Waals surface area (Å²) in [5.41, 5.74) is -0.179. The smallest absolute Gasteiger partial charge is 0.404 e. The van der Waals surface area contributed by atoms with Crippen LogP contribution < -0.4 is 10.1 Å². The second kappa shape index (κ2) is 5.48. The average molecular weight is 263 g/mol. The lowest BCUT2D eigenvalue weighted by atomic mass is 9.95. The second-order valence-corrected chi connectivity index (χ2v) is 4.72. The van der Waals surface area contributed by atoms with Crippen LogP contribution in [0.25, 0.3) is 0 Å². The van der Waals surface area contributed by atoms with Gasteiger partial charge in [-0.05, 0) is 12.1 Å². The molecule has 0 aromatic heterocycles. The number of hydrogen-bond acceptors (Lipinski definition) is 3. The van der Waals surface area contributed by atoms with Crippen molar-refractivity contribution in [3.05, 3.63) is 24.3 Å². The monoisotopic (exact) mass is 263 g/mol. The Morgan fingerprint density at radius 3 is 2.39 bits per heavy atom. The summed E-state index contributed by atoms with van der Waals surface area (Å²) in [4.78, 5) is 0. The first kappa shape index (κ1) is 14.6. The number of aliphatic hydroxyl groups excluding tert-OH is 1. The molecule has 0 fully saturated rings. The van der Waals surface area contributed by atoms with Crippen LogP contribution in [0.3, 0.4) is 0 Å². The predicted octanol–water partition coefficient (Wildman–Crippen LogP) is 3.02. The van der Waals surface area contributed by atoms with Crippen molar-refractivity contribution in [3.63, 3.8) is 0 Å². The van der Waals surface area contributed by atoms with Crippen molar-refractivity contribution in [2.24, 2.45) is 5.41 Å². The molecule has 0 aliphatic heterocycles. The van der Waals surface area contributed by atoms with E-state index in [1.807, 2.05) is 0 Å². The van der Waals surface area contributed by atoms with Crippen molar-refractivity contribution in [3.8, 4) is 5.75 Å². The number of anilines is 1. The number of halogens is 3. The summed E-state index contributed by atoms with van der Waals surface area (Å²) >= 11 is 0. The number of alkyl halides is 3. The van der Waals surface area contributed by atoms with Gasteiger partial charge in [-0.1, -0.05) is 26.0 Å². The van der Waals surface area contributed by atoms with Crippen molar-refractivity contribution < 1.29 is 23.0 Å². The van der Waals surface area contributed by atoms with Gasteiger partial charge in [0, 0.05) is 18.6 Å². The summed E-state index contributed by atoms with van der Waals surface area (Å²) in [5.74, 6) is -0.279. The van der Waals surface area contributed by atoms with Crippen LogP contribution in [-0.4, -0.2) is 24.6 Å². The van der Waals surface area contributed by atoms with Crippen LogP contribution in [-0.2, 0) is 0 Å². The Labute approximate surface area is 104 Å². The zero-order chi connectivity index (χ0) is 13.8. The van der Waals surface area contributed by atoms with Gasteiger partial charge in [0.1, 0.15) is 0 Å². The zero-order valence-electron chi connectivity index (χ0n) is 10.2. The van der Waals surface area contributed by atoms with E-state index in [4.69, 9.17) is 5.11 Å². The Balaban J connectivity index is 2.77. The minimum Gasteiger partial charge on any atom is -0.404 e. The van der Waals surface area contributed by atoms with E-state index in [-0.39, 0.29) is 18.0 Å². The maximum atomic E-state index is 12.2. The first-order valence-electron chi connectivity index (χ1n) is 5.43. The number of rotatable bonds is 5. The molecule has 0 heterocycles. The van der Waals surface area contributed by atoms with Gasteiger partial charge in [0.15, 0.2) is 5.75 Å². The van der Waals surface area contributed by atoms with Crippen molar-refractivity contribution in [2.45, 2.75) is 20.2 Å². The van der Waals surface area contributed by atoms with E-state index in [1.165, 1.54) is 18.2 Å². The highest BCUT2D eigenvalue weighted by Gasteiger charge is 2.32. The molecule has 102 valence electrons. The number of benzene rings is 1. The Bertz CT molecular complexity index is 391. The molecule has 0 atom stereocenters. The van der Waals surface area contributed by atoms with Crippen LogP contribution in [0.1, 0.15) is 13.8 Å². The fourth-order valence-electron chi connectivity index (χ4n) is 1.22. The van der Waals surface area contributed by atoms with Crippen molar-refractivity contribution in [2.75, 3.05) is 18.5 Å². The molecule has 0 amide bonds. The number of aliphatic hydroxyl groups is 1. The van der Waals surface area contributed by atoms with Gasteiger partial charge in [0.25, 0.3) is 0 Å². The predicted molar refractivity (Wildman–Crippen MR) is 62.5 cm³/mol. The summed E-state index contributed by atoms with van der Waals surface area (Å²) in [6.45, 7) is 3.87. The topological polar surface area (TPSA) is 41.5 Å². The number of para-hydroxylation sites is 2. The molecule has 0 aliphatic carbocycles. The van der Waals surface area contributed by atoms with Crippen molar-refractivity contribution in [1.82, 2.24) is 0 Å². The fraction of sp³-hybridized carbons (Fsp3) is 0.500. The molecule has 0 radical (unpaired) electrons. The van der Waals surface area contributed by atoms with Gasteiger partial charge >= 0.3 is 6.36 Å². The SMILES string of the molecule is CC(C)(CO)CNc1ccccc1OC(F)(F)F. The quantitative estimate of drug-likeness (QED) is 0.858. The van der Waals surface area contributed by atoms with E-state index in [2.05, 4.69) is 10.1 Å². The molecule has 0 aliphatic rings. The van der Waals surface area contributed by atoms with Gasteiger partial charge in [-0.2, -0.15) is 0 Å². The summed E-state index contributed by atoms with van der Waals surface area (Å²) in [7, 11) is 0. The summed E-state index contributed by atoms with van der Waals surface area (Å²) in [5, 5.41) is 11.9. The van der Waals surface area contributed by atoms with Gasteiger partial charge in [0.05, 0.1) is 5.69 Å². The van der Waals surface area contributed by atoms with E-state index < -0.39 is 11.8 Å². The molecule has 1 rings (SSSR count). The van der Waals surface area contributed by atoms with Crippen LogP contribution in [0.2, 0.25) is 0 Å². The molecule has 18 heavy (non-hydrogen) atoms. The van der Waals surface area contributed by atoms with Crippen LogP contribution in [0, 0.1) is 5.41 Å². The molecule has 0 saturated heterocycles. The van der Waals surface area contributed by atoms with Crippen LogP contribution >= 0.6 is 0 Å². The van der Waals surface area contributed by atoms with E-state index in [0.717, 1.165) is 0 Å². The van der Waals surface area contributed by atoms with E-state index in [9.17, 15) is 13.2 Å². The molecule has 6 heteroatoms. The molecule has 3 nitrogen and oxygen atoms in total. The highest BCUT2D eigenvalue weighted by atomic mass is 19.4. The van der Waals surface area contributed by atoms with Crippen LogP contribution in [0.5, 0.6) is 5.75 Å². The van der Waals surface area contributed by atoms with Gasteiger partial charge in [-0.15, -0.1) is 13.2 Å². The first-order valence-corrected chi connectivity index (χ1v) is 5.43. The molecule has 0 spiro atoms. The molecule has 1 aromatic carbocycles. The average Bonchev–Trinajstić information content (AvgIpc) is 2.26. The Morgan fingerprint density at radius 1 is 1.22 bits per heavy atom. The van der Waals surface area contributed by atoms with E-state index in [1.54, 1.807) is 19.9 Å². The van der Waals surface area contributed by atoms with E-state index in [0.29, 0.717) is 6.54 Å². The lowest BCUT2D eigenvalue weighted by Gasteiger charge is -2.23. The molecular weight excluding hydrogens is 247 g/mol. The third kappa shape index (κ3) is 4.83. The largest absolute Gasteiger partial charge is 0.573 e. The molecule has 2 N–H and O–H groups in total. The van der Waals surface area contributed by atoms with Gasteiger partial charge in [0.2, 0.25) is 0 Å². The molecule has 0 unspecified atom stereocenters. The number of hydrogen-bond donors (Lipinski definition) is 2. The normalized spacial score (nSPS) is 12.3. The van der Waals surface area contributed by atoms with Crippen molar-refractivity contribution >= 4 is 5.69 Å². The zero-order valence-corrected chi connectivity index (χ0v) is 10.2. The lowest BCUT2D eigenvalue weighted by Crippen LogP contribution is -2.27. The molecule has 1 aromatic rings. The molecule has 0 bridgehead atoms. The summed E-state index contributed by atoms with van der Waals surface area (Å²) in [6, 6.07) is 5.80. The maximum Gasteiger partial charge on any atom is 0.573 e. The van der Waals surface area contributed by atoms with Gasteiger partial charge in [-0.25, -0.2) is 0 Å². The van der Waals surface area contributed by atoms with Crippen molar-refractivity contribution in [1.29, 1.82) is 0 Å². The third-order valence-corrected chi connectivity index (χ3v) is 2.30. The highest BCUT2D eigenvalue weighted by molar-refractivity contribution is 5.56. The van der Waals surface area contributed by atoms with Crippen LogP contribution in [0.4, 0.5) is 18.9 Å². The standard InChI is InChI=1S/C12H16F3NO2/c1-11(2,8-17)7-16-9-5-3-4-6-10(9)18-12(13,14)15/h3-6,16-17H,7-8H2,1-2H3. The van der Waals surface area contributed by atoms with Crippen LogP contribution in [0.15, 0.2) is 24.3 Å². The Kier molecular flexibility index (Phi) is 4.45. The summed E-state index contributed by atoms with van der Waals surface area (Å²) in [6.07, 6.45) is -4.72. The van der Waals surface area contributed by atoms with E-state index >= 15 is 0 Å². The summed E-state index contributed by atoms with van der Waals surface area (Å²) < 4.78 is 40.4. The second-order valence-electron chi connectivity index (χ2n) is 4.72. The maximum absolute atomic E-state index is 12.2. The fourth-order valence-corrected chi connectivity index (χ4v) is 1.22. The Morgan fingerprint density at radius 2 is 1.83 bits per heavy atom. The number of ether oxygens (including phenoxy) is 1. The minimum absolute atomic E-state index is 0.0672. The van der Waals surface area contributed by atoms with Gasteiger partial charge < -0.3 is 15.2 Å².